The quantitative estimate of drug-likeness (QED) is 0.605. The zero-order chi connectivity index (χ0) is 7.82. The van der Waals surface area contributed by atoms with Gasteiger partial charge >= 0.3 is 0 Å². The van der Waals surface area contributed by atoms with Crippen LogP contribution in [0.15, 0.2) is 0 Å². The molecule has 0 aliphatic carbocycles. The largest absolute Gasteiger partial charge is 0.314 e. The Bertz CT molecular complexity index is 58.6. The van der Waals surface area contributed by atoms with Gasteiger partial charge in [-0.1, -0.05) is 34.1 Å². The summed E-state index contributed by atoms with van der Waals surface area (Å²) in [5.41, 5.74) is 0. The maximum atomic E-state index is 9.14. The minimum Gasteiger partial charge on any atom is -0.314 e. The van der Waals surface area contributed by atoms with E-state index in [1.165, 1.54) is 5.06 Å². The van der Waals surface area contributed by atoms with Crippen LogP contribution in [0.25, 0.3) is 0 Å². The standard InChI is InChI=1S/C8H19NO.CH4/c1-3-5-7-9(10)8-6-4-2;/h10H,3-8H2,1-2H3;1H4. The number of nitrogens with zero attached hydrogens (tertiary/aromatic N) is 1. The molecule has 0 spiro atoms. The molecule has 0 atom stereocenters. The number of hydrogen-bond donors (Lipinski definition) is 1. The third-order valence-corrected chi connectivity index (χ3v) is 1.54. The Balaban J connectivity index is 0. The highest BCUT2D eigenvalue weighted by Gasteiger charge is 1.96. The van der Waals surface area contributed by atoms with Crippen molar-refractivity contribution in [3.8, 4) is 0 Å². The van der Waals surface area contributed by atoms with Crippen LogP contribution in [0, 0.1) is 0 Å². The molecule has 0 fully saturated rings. The third kappa shape index (κ3) is 9.92. The fourth-order valence-electron chi connectivity index (χ4n) is 0.793. The van der Waals surface area contributed by atoms with Crippen molar-refractivity contribution in [1.82, 2.24) is 5.06 Å². The second-order valence-corrected chi connectivity index (χ2v) is 2.66. The van der Waals surface area contributed by atoms with E-state index < -0.39 is 0 Å². The first-order valence-electron chi connectivity index (χ1n) is 4.25. The first-order valence-corrected chi connectivity index (χ1v) is 4.25. The average Bonchev–Trinajstić information content (AvgIpc) is 1.97. The molecule has 2 nitrogen and oxygen atoms in total. The minimum absolute atomic E-state index is 0. The van der Waals surface area contributed by atoms with Crippen molar-refractivity contribution >= 4 is 0 Å². The average molecular weight is 161 g/mol. The van der Waals surface area contributed by atoms with Gasteiger partial charge in [-0.15, -0.1) is 0 Å². The minimum atomic E-state index is 0. The summed E-state index contributed by atoms with van der Waals surface area (Å²) < 4.78 is 0. The van der Waals surface area contributed by atoms with Crippen LogP contribution in [0.5, 0.6) is 0 Å². The normalized spacial score (nSPS) is 9.82. The lowest BCUT2D eigenvalue weighted by Crippen LogP contribution is -2.21. The molecular formula is C9H23NO. The zero-order valence-corrected chi connectivity index (χ0v) is 7.14. The van der Waals surface area contributed by atoms with E-state index in [0.717, 1.165) is 38.8 Å². The summed E-state index contributed by atoms with van der Waals surface area (Å²) in [5.74, 6) is 0. The van der Waals surface area contributed by atoms with Crippen LogP contribution in [0.1, 0.15) is 47.0 Å². The van der Waals surface area contributed by atoms with Gasteiger partial charge in [-0.25, -0.2) is 0 Å². The van der Waals surface area contributed by atoms with Crippen molar-refractivity contribution < 1.29 is 5.21 Å². The molecular weight excluding hydrogens is 138 g/mol. The van der Waals surface area contributed by atoms with E-state index in [9.17, 15) is 0 Å². The number of hydrogen-bond acceptors (Lipinski definition) is 2. The first kappa shape index (κ1) is 13.5. The predicted molar refractivity (Wildman–Crippen MR) is 49.9 cm³/mol. The molecule has 2 heteroatoms. The van der Waals surface area contributed by atoms with E-state index in [1.54, 1.807) is 0 Å². The molecule has 0 aliphatic heterocycles. The molecule has 0 saturated heterocycles. The van der Waals surface area contributed by atoms with Gasteiger partial charge in [0.2, 0.25) is 0 Å². The van der Waals surface area contributed by atoms with Gasteiger partial charge in [0.15, 0.2) is 0 Å². The van der Waals surface area contributed by atoms with Crippen molar-refractivity contribution in [3.05, 3.63) is 0 Å². The van der Waals surface area contributed by atoms with Crippen LogP contribution >= 0.6 is 0 Å². The highest BCUT2D eigenvalue weighted by Crippen LogP contribution is 1.94. The summed E-state index contributed by atoms with van der Waals surface area (Å²) in [6.07, 6.45) is 4.51. The molecule has 0 amide bonds. The van der Waals surface area contributed by atoms with Crippen molar-refractivity contribution in [3.63, 3.8) is 0 Å². The van der Waals surface area contributed by atoms with Crippen LogP contribution < -0.4 is 0 Å². The van der Waals surface area contributed by atoms with E-state index in [0.29, 0.717) is 0 Å². The maximum Gasteiger partial charge on any atom is 0.0238 e. The second-order valence-electron chi connectivity index (χ2n) is 2.66. The summed E-state index contributed by atoms with van der Waals surface area (Å²) in [7, 11) is 0. The van der Waals surface area contributed by atoms with Crippen LogP contribution in [0.4, 0.5) is 0 Å². The van der Waals surface area contributed by atoms with Crippen LogP contribution in [-0.2, 0) is 0 Å². The molecule has 0 aromatic rings. The van der Waals surface area contributed by atoms with Gasteiger partial charge in [0.05, 0.1) is 0 Å². The van der Waals surface area contributed by atoms with Gasteiger partial charge in [0.1, 0.15) is 0 Å². The van der Waals surface area contributed by atoms with Crippen LogP contribution in [-0.4, -0.2) is 23.4 Å². The van der Waals surface area contributed by atoms with Gasteiger partial charge in [0, 0.05) is 13.1 Å². The Morgan fingerprint density at radius 1 is 1.00 bits per heavy atom. The van der Waals surface area contributed by atoms with E-state index in [2.05, 4.69) is 13.8 Å². The Hall–Kier alpha value is -0.0800. The summed E-state index contributed by atoms with van der Waals surface area (Å²) >= 11 is 0. The molecule has 0 radical (unpaired) electrons. The van der Waals surface area contributed by atoms with Crippen molar-refractivity contribution in [2.45, 2.75) is 47.0 Å². The molecule has 0 heterocycles. The Morgan fingerprint density at radius 3 is 1.64 bits per heavy atom. The van der Waals surface area contributed by atoms with E-state index in [-0.39, 0.29) is 7.43 Å². The van der Waals surface area contributed by atoms with Crippen molar-refractivity contribution in [1.29, 1.82) is 0 Å². The fraction of sp³-hybridized carbons (Fsp3) is 1.00. The lowest BCUT2D eigenvalue weighted by atomic mass is 10.3. The van der Waals surface area contributed by atoms with Gasteiger partial charge in [0.25, 0.3) is 0 Å². The molecule has 0 rings (SSSR count). The summed E-state index contributed by atoms with van der Waals surface area (Å²) in [6, 6.07) is 0. The summed E-state index contributed by atoms with van der Waals surface area (Å²) in [5, 5.41) is 10.6. The summed E-state index contributed by atoms with van der Waals surface area (Å²) in [4.78, 5) is 0. The monoisotopic (exact) mass is 161 g/mol. The third-order valence-electron chi connectivity index (χ3n) is 1.54. The predicted octanol–water partition coefficient (Wildman–Crippen LogP) is 2.91. The lowest BCUT2D eigenvalue weighted by Gasteiger charge is -2.12. The summed E-state index contributed by atoms with van der Waals surface area (Å²) in [6.45, 7) is 5.92. The Kier molecular flexibility index (Phi) is 12.2. The molecule has 0 bridgehead atoms. The molecule has 0 aromatic heterocycles. The Morgan fingerprint density at radius 2 is 1.36 bits per heavy atom. The molecule has 0 aliphatic rings. The number of hydroxylamine groups is 2. The lowest BCUT2D eigenvalue weighted by molar-refractivity contribution is -0.0919. The van der Waals surface area contributed by atoms with Gasteiger partial charge in [-0.05, 0) is 12.8 Å². The van der Waals surface area contributed by atoms with Gasteiger partial charge in [-0.2, -0.15) is 5.06 Å². The van der Waals surface area contributed by atoms with Crippen LogP contribution in [0.3, 0.4) is 0 Å². The molecule has 0 saturated carbocycles. The van der Waals surface area contributed by atoms with E-state index in [4.69, 9.17) is 5.21 Å². The fourth-order valence-corrected chi connectivity index (χ4v) is 0.793. The van der Waals surface area contributed by atoms with Gasteiger partial charge < -0.3 is 5.21 Å². The molecule has 0 unspecified atom stereocenters. The van der Waals surface area contributed by atoms with Crippen LogP contribution in [0.2, 0.25) is 0 Å². The number of unbranched alkanes of at least 4 members (excludes halogenated alkanes) is 2. The van der Waals surface area contributed by atoms with E-state index >= 15 is 0 Å². The second kappa shape index (κ2) is 9.92. The highest BCUT2D eigenvalue weighted by molar-refractivity contribution is 4.44. The first-order chi connectivity index (χ1) is 4.81. The number of rotatable bonds is 6. The van der Waals surface area contributed by atoms with Crippen molar-refractivity contribution in [2.24, 2.45) is 0 Å². The molecule has 70 valence electrons. The highest BCUT2D eigenvalue weighted by atomic mass is 16.5. The zero-order valence-electron chi connectivity index (χ0n) is 7.14. The smallest absolute Gasteiger partial charge is 0.0238 e. The topological polar surface area (TPSA) is 23.5 Å². The molecule has 11 heavy (non-hydrogen) atoms. The maximum absolute atomic E-state index is 9.14. The molecule has 0 aromatic carbocycles. The van der Waals surface area contributed by atoms with Crippen molar-refractivity contribution in [2.75, 3.05) is 13.1 Å². The van der Waals surface area contributed by atoms with Gasteiger partial charge in [-0.3, -0.25) is 0 Å². The SMILES string of the molecule is C.CCCCN(O)CCCC. The molecule has 1 N–H and O–H groups in total. The van der Waals surface area contributed by atoms with E-state index in [1.807, 2.05) is 0 Å². The Labute approximate surface area is 71.2 Å².